The minimum atomic E-state index is -0.204. The van der Waals surface area contributed by atoms with Crippen LogP contribution in [0.25, 0.3) is 5.70 Å². The molecule has 0 aliphatic carbocycles. The lowest BCUT2D eigenvalue weighted by atomic mass is 10.0. The smallest absolute Gasteiger partial charge is 0.251 e. The Morgan fingerprint density at radius 2 is 1.76 bits per heavy atom. The number of carbonyl (C=O) groups excluding carboxylic acids is 1. The average molecular weight is 457 g/mol. The number of amides is 1. The highest BCUT2D eigenvalue weighted by molar-refractivity contribution is 6.31. The molecule has 0 unspecified atom stereocenters. The first kappa shape index (κ1) is 20.9. The van der Waals surface area contributed by atoms with Crippen LogP contribution in [0, 0.1) is 6.92 Å². The maximum Gasteiger partial charge on any atom is 0.251 e. The van der Waals surface area contributed by atoms with Crippen molar-refractivity contribution in [3.05, 3.63) is 107 Å². The molecule has 0 bridgehead atoms. The van der Waals surface area contributed by atoms with Gasteiger partial charge in [0.1, 0.15) is 12.6 Å². The molecule has 1 amide bonds. The Bertz CT molecular complexity index is 1320. The fourth-order valence-electron chi connectivity index (χ4n) is 3.88. The molecule has 8 heteroatoms. The van der Waals surface area contributed by atoms with E-state index in [1.54, 1.807) is 10.7 Å². The van der Waals surface area contributed by atoms with Gasteiger partial charge in [-0.05, 0) is 52.2 Å². The van der Waals surface area contributed by atoms with Gasteiger partial charge in [-0.1, -0.05) is 83.4 Å². The number of tetrazole rings is 1. The molecule has 7 nitrogen and oxygen atoms in total. The summed E-state index contributed by atoms with van der Waals surface area (Å²) < 4.78 is 1.73. The maximum atomic E-state index is 13.0. The van der Waals surface area contributed by atoms with Gasteiger partial charge in [-0.2, -0.15) is 4.68 Å². The summed E-state index contributed by atoms with van der Waals surface area (Å²) >= 11 is 6.22. The first-order chi connectivity index (χ1) is 16.1. The molecule has 1 aliphatic heterocycles. The Labute approximate surface area is 196 Å². The predicted molar refractivity (Wildman–Crippen MR) is 129 cm³/mol. The van der Waals surface area contributed by atoms with Crippen molar-refractivity contribution in [3.63, 3.8) is 0 Å². The molecule has 0 spiro atoms. The predicted octanol–water partition coefficient (Wildman–Crippen LogP) is 4.72. The zero-order valence-corrected chi connectivity index (χ0v) is 18.6. The van der Waals surface area contributed by atoms with Crippen LogP contribution in [0.4, 0.5) is 11.6 Å². The SMILES string of the molecule is Cc1ccc(NC(=O)CN2C(c3ccccc3)=C[C@H](c3ccccc3)n3nnnc32)cc1Cl. The summed E-state index contributed by atoms with van der Waals surface area (Å²) in [6, 6.07) is 25.2. The largest absolute Gasteiger partial charge is 0.324 e. The number of halogens is 1. The molecule has 4 aromatic rings. The van der Waals surface area contributed by atoms with Gasteiger partial charge in [0, 0.05) is 10.7 Å². The van der Waals surface area contributed by atoms with E-state index in [1.807, 2.05) is 84.6 Å². The van der Waals surface area contributed by atoms with Gasteiger partial charge in [0.2, 0.25) is 5.91 Å². The van der Waals surface area contributed by atoms with E-state index in [9.17, 15) is 4.79 Å². The molecule has 2 heterocycles. The van der Waals surface area contributed by atoms with E-state index in [1.165, 1.54) is 0 Å². The topological polar surface area (TPSA) is 75.9 Å². The van der Waals surface area contributed by atoms with Crippen LogP contribution in [0.15, 0.2) is 84.9 Å². The van der Waals surface area contributed by atoms with Crippen molar-refractivity contribution in [1.82, 2.24) is 20.2 Å². The summed E-state index contributed by atoms with van der Waals surface area (Å²) in [6.45, 7) is 1.95. The highest BCUT2D eigenvalue weighted by Crippen LogP contribution is 2.36. The van der Waals surface area contributed by atoms with Crippen LogP contribution in [0.2, 0.25) is 5.02 Å². The number of benzene rings is 3. The summed E-state index contributed by atoms with van der Waals surface area (Å²) in [5.74, 6) is 0.298. The third-order valence-electron chi connectivity index (χ3n) is 5.55. The zero-order chi connectivity index (χ0) is 22.8. The van der Waals surface area contributed by atoms with Crippen LogP contribution in [0.3, 0.4) is 0 Å². The van der Waals surface area contributed by atoms with Gasteiger partial charge < -0.3 is 5.32 Å². The van der Waals surface area contributed by atoms with Gasteiger partial charge in [-0.25, -0.2) is 0 Å². The molecule has 0 fully saturated rings. The van der Waals surface area contributed by atoms with Crippen LogP contribution in [-0.4, -0.2) is 32.7 Å². The van der Waals surface area contributed by atoms with Crippen LogP contribution < -0.4 is 10.2 Å². The molecule has 1 aromatic heterocycles. The van der Waals surface area contributed by atoms with Crippen molar-refractivity contribution in [1.29, 1.82) is 0 Å². The average Bonchev–Trinajstić information content (AvgIpc) is 3.33. The number of carbonyl (C=O) groups is 1. The van der Waals surface area contributed by atoms with Gasteiger partial charge in [-0.15, -0.1) is 0 Å². The zero-order valence-electron chi connectivity index (χ0n) is 17.9. The van der Waals surface area contributed by atoms with E-state index >= 15 is 0 Å². The number of hydrogen-bond donors (Lipinski definition) is 1. The third-order valence-corrected chi connectivity index (χ3v) is 5.96. The quantitative estimate of drug-likeness (QED) is 0.470. The van der Waals surface area contributed by atoms with Crippen molar-refractivity contribution >= 4 is 34.8 Å². The number of fused-ring (bicyclic) bond motifs is 1. The summed E-state index contributed by atoms with van der Waals surface area (Å²) in [4.78, 5) is 14.9. The first-order valence-corrected chi connectivity index (χ1v) is 10.9. The molecule has 0 saturated heterocycles. The lowest BCUT2D eigenvalue weighted by Crippen LogP contribution is -2.37. The number of anilines is 2. The highest BCUT2D eigenvalue weighted by Gasteiger charge is 2.31. The number of nitrogens with one attached hydrogen (secondary N) is 1. The highest BCUT2D eigenvalue weighted by atomic mass is 35.5. The van der Waals surface area contributed by atoms with Crippen LogP contribution >= 0.6 is 11.6 Å². The second-order valence-electron chi connectivity index (χ2n) is 7.80. The summed E-state index contributed by atoms with van der Waals surface area (Å²) in [5, 5.41) is 15.9. The second kappa shape index (κ2) is 8.88. The fraction of sp³-hybridized carbons (Fsp3) is 0.120. The maximum absolute atomic E-state index is 13.0. The van der Waals surface area contributed by atoms with E-state index in [0.717, 1.165) is 22.4 Å². The summed E-state index contributed by atoms with van der Waals surface area (Å²) in [7, 11) is 0. The van der Waals surface area contributed by atoms with Gasteiger partial charge in [-0.3, -0.25) is 9.69 Å². The molecule has 0 radical (unpaired) electrons. The van der Waals surface area contributed by atoms with Crippen molar-refractivity contribution < 1.29 is 4.79 Å². The van der Waals surface area contributed by atoms with Gasteiger partial charge in [0.15, 0.2) is 0 Å². The minimum Gasteiger partial charge on any atom is -0.324 e. The van der Waals surface area contributed by atoms with E-state index in [-0.39, 0.29) is 18.5 Å². The summed E-state index contributed by atoms with van der Waals surface area (Å²) in [6.07, 6.45) is 2.09. The van der Waals surface area contributed by atoms with Crippen LogP contribution in [-0.2, 0) is 4.79 Å². The molecule has 3 aromatic carbocycles. The minimum absolute atomic E-state index is 0.0358. The van der Waals surface area contributed by atoms with Crippen molar-refractivity contribution in [2.24, 2.45) is 0 Å². The van der Waals surface area contributed by atoms with Gasteiger partial charge in [0.05, 0.1) is 5.70 Å². The Morgan fingerprint density at radius 1 is 1.03 bits per heavy atom. The van der Waals surface area contributed by atoms with Gasteiger partial charge >= 0.3 is 0 Å². The number of hydrogen-bond acceptors (Lipinski definition) is 5. The fourth-order valence-corrected chi connectivity index (χ4v) is 4.06. The monoisotopic (exact) mass is 456 g/mol. The van der Waals surface area contributed by atoms with E-state index in [4.69, 9.17) is 11.6 Å². The molecule has 5 rings (SSSR count). The van der Waals surface area contributed by atoms with Crippen molar-refractivity contribution in [2.75, 3.05) is 16.8 Å². The number of aromatic nitrogens is 4. The Balaban J connectivity index is 1.51. The number of rotatable bonds is 5. The molecule has 1 aliphatic rings. The number of aryl methyl sites for hydroxylation is 1. The number of allylic oxidation sites excluding steroid dienone is 1. The Hall–Kier alpha value is -3.97. The molecule has 33 heavy (non-hydrogen) atoms. The van der Waals surface area contributed by atoms with E-state index < -0.39 is 0 Å². The van der Waals surface area contributed by atoms with Crippen molar-refractivity contribution in [3.8, 4) is 0 Å². The lowest BCUT2D eigenvalue weighted by molar-refractivity contribution is -0.114. The Morgan fingerprint density at radius 3 is 2.48 bits per heavy atom. The van der Waals surface area contributed by atoms with Gasteiger partial charge in [0.25, 0.3) is 5.95 Å². The molecule has 1 atom stereocenters. The molecular weight excluding hydrogens is 436 g/mol. The lowest BCUT2D eigenvalue weighted by Gasteiger charge is -2.32. The molecule has 1 N–H and O–H groups in total. The third kappa shape index (κ3) is 4.23. The second-order valence-corrected chi connectivity index (χ2v) is 8.20. The number of nitrogens with zero attached hydrogens (tertiary/aromatic N) is 5. The van der Waals surface area contributed by atoms with Crippen molar-refractivity contribution in [2.45, 2.75) is 13.0 Å². The van der Waals surface area contributed by atoms with E-state index in [0.29, 0.717) is 16.7 Å². The van der Waals surface area contributed by atoms with Crippen LogP contribution in [0.1, 0.15) is 22.7 Å². The molecular formula is C25H21ClN6O. The van der Waals surface area contributed by atoms with Crippen LogP contribution in [0.5, 0.6) is 0 Å². The normalized spacial score (nSPS) is 15.0. The standard InChI is InChI=1S/C25H21ClN6O/c1-17-12-13-20(14-21(17)26)27-24(33)16-31-22(18-8-4-2-5-9-18)15-23(19-10-6-3-7-11-19)32-25(31)28-29-30-32/h2-15,23H,16H2,1H3,(H,27,33)/t23-/m1/s1. The molecule has 164 valence electrons. The first-order valence-electron chi connectivity index (χ1n) is 10.5. The molecule has 0 saturated carbocycles. The summed E-state index contributed by atoms with van der Waals surface area (Å²) in [5.41, 5.74) is 4.48. The Kier molecular flexibility index (Phi) is 5.62. The van der Waals surface area contributed by atoms with E-state index in [2.05, 4.69) is 26.9 Å².